The summed E-state index contributed by atoms with van der Waals surface area (Å²) in [7, 11) is 0. The summed E-state index contributed by atoms with van der Waals surface area (Å²) in [6.45, 7) is 13.0. The fraction of sp³-hybridized carbons (Fsp3) is 0.850. The van der Waals surface area contributed by atoms with Gasteiger partial charge in [0.2, 0.25) is 0 Å². The van der Waals surface area contributed by atoms with Gasteiger partial charge in [-0.3, -0.25) is 0 Å². The second kappa shape index (κ2) is 16.1. The van der Waals surface area contributed by atoms with Gasteiger partial charge < -0.3 is 10.1 Å². The molecule has 0 saturated carbocycles. The van der Waals surface area contributed by atoms with Crippen LogP contribution in [0.25, 0.3) is 0 Å². The first kappa shape index (κ1) is 25.9. The van der Waals surface area contributed by atoms with E-state index in [-0.39, 0.29) is 28.5 Å². The van der Waals surface area contributed by atoms with Gasteiger partial charge in [-0.05, 0) is 33.7 Å². The van der Waals surface area contributed by atoms with Crippen LogP contribution in [-0.4, -0.2) is 24.7 Å². The standard InChI is InChI=1S/C20H39NO2.BrH/c1-6-7-8-9-10-11-12-13-14-15-16-21-20(4,5)17-23-19(22)18(2)3;/h21H,2,6-17H2,1,3-5H3;1H. The molecular weight excluding hydrogens is 366 g/mol. The number of halogens is 1. The molecular formula is C20H40BrNO2. The Hall–Kier alpha value is -0.350. The molecule has 0 aliphatic rings. The highest BCUT2D eigenvalue weighted by Gasteiger charge is 2.19. The second-order valence-electron chi connectivity index (χ2n) is 7.35. The number of hydrogen-bond acceptors (Lipinski definition) is 3. The van der Waals surface area contributed by atoms with Gasteiger partial charge in [-0.25, -0.2) is 4.79 Å². The number of rotatable bonds is 15. The summed E-state index contributed by atoms with van der Waals surface area (Å²) >= 11 is 0. The lowest BCUT2D eigenvalue weighted by Crippen LogP contribution is -2.44. The van der Waals surface area contributed by atoms with E-state index in [1.54, 1.807) is 6.92 Å². The van der Waals surface area contributed by atoms with Crippen molar-refractivity contribution >= 4 is 23.0 Å². The number of carbonyl (C=O) groups excluding carboxylic acids is 1. The minimum absolute atomic E-state index is 0. The highest BCUT2D eigenvalue weighted by atomic mass is 79.9. The summed E-state index contributed by atoms with van der Waals surface area (Å²) in [5.74, 6) is -0.307. The lowest BCUT2D eigenvalue weighted by Gasteiger charge is -2.26. The fourth-order valence-corrected chi connectivity index (χ4v) is 2.46. The number of esters is 1. The molecule has 0 bridgehead atoms. The first-order valence-corrected chi connectivity index (χ1v) is 9.46. The number of ether oxygens (including phenoxy) is 1. The molecule has 0 aromatic rings. The Bertz CT molecular complexity index is 330. The predicted octanol–water partition coefficient (Wildman–Crippen LogP) is 5.97. The molecule has 0 radical (unpaired) electrons. The lowest BCUT2D eigenvalue weighted by atomic mass is 10.1. The topological polar surface area (TPSA) is 38.3 Å². The van der Waals surface area contributed by atoms with Crippen LogP contribution < -0.4 is 5.32 Å². The molecule has 144 valence electrons. The highest BCUT2D eigenvalue weighted by molar-refractivity contribution is 8.93. The molecule has 0 fully saturated rings. The molecule has 0 atom stereocenters. The summed E-state index contributed by atoms with van der Waals surface area (Å²) < 4.78 is 5.22. The monoisotopic (exact) mass is 405 g/mol. The Labute approximate surface area is 160 Å². The van der Waals surface area contributed by atoms with E-state index >= 15 is 0 Å². The Morgan fingerprint density at radius 1 is 0.958 bits per heavy atom. The van der Waals surface area contributed by atoms with Crippen molar-refractivity contribution in [3.05, 3.63) is 12.2 Å². The zero-order chi connectivity index (χ0) is 17.6. The Morgan fingerprint density at radius 2 is 1.42 bits per heavy atom. The van der Waals surface area contributed by atoms with Crippen molar-refractivity contribution < 1.29 is 9.53 Å². The fourth-order valence-electron chi connectivity index (χ4n) is 2.46. The molecule has 0 saturated heterocycles. The summed E-state index contributed by atoms with van der Waals surface area (Å²) in [5.41, 5.74) is 0.278. The molecule has 0 amide bonds. The van der Waals surface area contributed by atoms with Gasteiger partial charge in [0, 0.05) is 11.1 Å². The maximum absolute atomic E-state index is 11.4. The van der Waals surface area contributed by atoms with Crippen molar-refractivity contribution in [3.8, 4) is 0 Å². The van der Waals surface area contributed by atoms with Crippen molar-refractivity contribution in [2.75, 3.05) is 13.2 Å². The smallest absolute Gasteiger partial charge is 0.333 e. The van der Waals surface area contributed by atoms with E-state index in [1.807, 2.05) is 0 Å². The molecule has 0 aromatic heterocycles. The van der Waals surface area contributed by atoms with Gasteiger partial charge >= 0.3 is 5.97 Å². The van der Waals surface area contributed by atoms with Gasteiger partial charge in [0.1, 0.15) is 6.61 Å². The molecule has 0 unspecified atom stereocenters. The number of nitrogens with one attached hydrogen (secondary N) is 1. The van der Waals surface area contributed by atoms with Crippen LogP contribution in [-0.2, 0) is 9.53 Å². The molecule has 4 heteroatoms. The molecule has 1 N–H and O–H groups in total. The van der Waals surface area contributed by atoms with Crippen LogP contribution in [0.1, 0.15) is 91.9 Å². The zero-order valence-corrected chi connectivity index (χ0v) is 18.1. The van der Waals surface area contributed by atoms with Gasteiger partial charge in [0.25, 0.3) is 0 Å². The average molecular weight is 406 g/mol. The maximum Gasteiger partial charge on any atom is 0.333 e. The van der Waals surface area contributed by atoms with Gasteiger partial charge in [-0.15, -0.1) is 17.0 Å². The molecule has 0 spiro atoms. The molecule has 0 aliphatic carbocycles. The third-order valence-corrected chi connectivity index (χ3v) is 4.05. The Balaban J connectivity index is 0. The summed E-state index contributed by atoms with van der Waals surface area (Å²) in [6, 6.07) is 0. The predicted molar refractivity (Wildman–Crippen MR) is 110 cm³/mol. The maximum atomic E-state index is 11.4. The van der Waals surface area contributed by atoms with Crippen molar-refractivity contribution in [2.24, 2.45) is 0 Å². The minimum Gasteiger partial charge on any atom is -0.460 e. The van der Waals surface area contributed by atoms with Crippen molar-refractivity contribution in [1.82, 2.24) is 5.32 Å². The molecule has 0 aromatic carbocycles. The average Bonchev–Trinajstić information content (AvgIpc) is 2.50. The number of carbonyl (C=O) groups is 1. The first-order chi connectivity index (χ1) is 10.9. The van der Waals surface area contributed by atoms with Gasteiger partial charge in [-0.1, -0.05) is 71.3 Å². The van der Waals surface area contributed by atoms with E-state index in [1.165, 1.54) is 64.2 Å². The van der Waals surface area contributed by atoms with E-state index in [0.29, 0.717) is 12.2 Å². The third-order valence-electron chi connectivity index (χ3n) is 4.05. The molecule has 24 heavy (non-hydrogen) atoms. The van der Waals surface area contributed by atoms with Gasteiger partial charge in [-0.2, -0.15) is 0 Å². The Kier molecular flexibility index (Phi) is 17.4. The molecule has 0 aliphatic heterocycles. The first-order valence-electron chi connectivity index (χ1n) is 9.46. The van der Waals surface area contributed by atoms with Crippen molar-refractivity contribution in [1.29, 1.82) is 0 Å². The van der Waals surface area contributed by atoms with Crippen LogP contribution in [0.2, 0.25) is 0 Å². The zero-order valence-electron chi connectivity index (χ0n) is 16.4. The highest BCUT2D eigenvalue weighted by Crippen LogP contribution is 2.11. The van der Waals surface area contributed by atoms with Crippen LogP contribution in [0.5, 0.6) is 0 Å². The van der Waals surface area contributed by atoms with E-state index < -0.39 is 0 Å². The molecule has 0 heterocycles. The Morgan fingerprint density at radius 3 is 1.88 bits per heavy atom. The summed E-state index contributed by atoms with van der Waals surface area (Å²) in [5, 5.41) is 3.47. The largest absolute Gasteiger partial charge is 0.460 e. The van der Waals surface area contributed by atoms with Crippen molar-refractivity contribution in [2.45, 2.75) is 97.4 Å². The number of unbranched alkanes of at least 4 members (excludes halogenated alkanes) is 9. The van der Waals surface area contributed by atoms with Crippen LogP contribution in [0, 0.1) is 0 Å². The summed E-state index contributed by atoms with van der Waals surface area (Å²) in [6.07, 6.45) is 13.5. The second-order valence-corrected chi connectivity index (χ2v) is 7.35. The SMILES string of the molecule is Br.C=C(C)C(=O)OCC(C)(C)NCCCCCCCCCCCC. The van der Waals surface area contributed by atoms with Crippen LogP contribution in [0.4, 0.5) is 0 Å². The van der Waals surface area contributed by atoms with Crippen LogP contribution in [0.3, 0.4) is 0 Å². The van der Waals surface area contributed by atoms with E-state index in [4.69, 9.17) is 4.74 Å². The van der Waals surface area contributed by atoms with Crippen molar-refractivity contribution in [3.63, 3.8) is 0 Å². The minimum atomic E-state index is -0.307. The van der Waals surface area contributed by atoms with Gasteiger partial charge in [0.15, 0.2) is 0 Å². The molecule has 3 nitrogen and oxygen atoms in total. The van der Waals surface area contributed by atoms with E-state index in [2.05, 4.69) is 32.7 Å². The molecule has 0 rings (SSSR count). The van der Waals surface area contributed by atoms with E-state index in [9.17, 15) is 4.79 Å². The van der Waals surface area contributed by atoms with E-state index in [0.717, 1.165) is 6.54 Å². The number of hydrogen-bond donors (Lipinski definition) is 1. The van der Waals surface area contributed by atoms with Gasteiger partial charge in [0.05, 0.1) is 0 Å². The lowest BCUT2D eigenvalue weighted by molar-refractivity contribution is -0.140. The van der Waals surface area contributed by atoms with Crippen LogP contribution in [0.15, 0.2) is 12.2 Å². The quantitative estimate of drug-likeness (QED) is 0.207. The third kappa shape index (κ3) is 16.5. The normalized spacial score (nSPS) is 11.0. The van der Waals surface area contributed by atoms with Crippen LogP contribution >= 0.6 is 17.0 Å². The summed E-state index contributed by atoms with van der Waals surface area (Å²) in [4.78, 5) is 11.4.